The minimum absolute atomic E-state index is 0.0680. The van der Waals surface area contributed by atoms with Crippen molar-refractivity contribution in [1.82, 2.24) is 4.98 Å². The molecule has 0 aliphatic heterocycles. The Balaban J connectivity index is 1.18. The van der Waals surface area contributed by atoms with Gasteiger partial charge in [-0.2, -0.15) is 0 Å². The van der Waals surface area contributed by atoms with Crippen LogP contribution in [0.2, 0.25) is 0 Å². The van der Waals surface area contributed by atoms with Gasteiger partial charge < -0.3 is 5.11 Å². The van der Waals surface area contributed by atoms with Gasteiger partial charge in [0, 0.05) is 17.4 Å². The summed E-state index contributed by atoms with van der Waals surface area (Å²) in [4.78, 5) is 5.92. The van der Waals surface area contributed by atoms with Crippen molar-refractivity contribution in [1.29, 1.82) is 0 Å². The van der Waals surface area contributed by atoms with E-state index in [9.17, 15) is 5.11 Å². The van der Waals surface area contributed by atoms with Gasteiger partial charge in [0.15, 0.2) is 0 Å². The van der Waals surface area contributed by atoms with Crippen LogP contribution in [0.1, 0.15) is 78.1 Å². The normalized spacial score (nSPS) is 42.4. The molecule has 2 nitrogen and oxygen atoms in total. The second kappa shape index (κ2) is 8.38. The maximum absolute atomic E-state index is 12.1. The zero-order valence-electron chi connectivity index (χ0n) is 20.3. The molecule has 4 fully saturated rings. The van der Waals surface area contributed by atoms with E-state index >= 15 is 0 Å². The monoisotopic (exact) mass is 481 g/mol. The lowest BCUT2D eigenvalue weighted by atomic mass is 9.44. The molecule has 33 heavy (non-hydrogen) atoms. The Kier molecular flexibility index (Phi) is 5.74. The Morgan fingerprint density at radius 1 is 0.970 bits per heavy atom. The number of hydrogen-bond acceptors (Lipinski definition) is 4. The van der Waals surface area contributed by atoms with E-state index < -0.39 is 5.60 Å². The molecule has 4 aliphatic carbocycles. The number of thiazole rings is 1. The molecule has 0 amide bonds. The molecule has 178 valence electrons. The molecule has 1 aromatic carbocycles. The highest BCUT2D eigenvalue weighted by Crippen LogP contribution is 2.68. The third kappa shape index (κ3) is 3.57. The topological polar surface area (TPSA) is 33.1 Å². The summed E-state index contributed by atoms with van der Waals surface area (Å²) >= 11 is 3.56. The van der Waals surface area contributed by atoms with Crippen molar-refractivity contribution in [3.8, 4) is 10.4 Å². The number of fused-ring (bicyclic) bond motifs is 5. The summed E-state index contributed by atoms with van der Waals surface area (Å²) in [6.07, 6.45) is 15.4. The highest BCUT2D eigenvalue weighted by molar-refractivity contribution is 8.01. The number of aliphatic hydroxyl groups is 1. The fourth-order valence-electron chi connectivity index (χ4n) is 8.88. The number of nitrogens with zero attached hydrogens (tertiary/aromatic N) is 1. The third-order valence-corrected chi connectivity index (χ3v) is 13.3. The van der Waals surface area contributed by atoms with Crippen molar-refractivity contribution < 1.29 is 5.11 Å². The van der Waals surface area contributed by atoms with Gasteiger partial charge >= 0.3 is 0 Å². The van der Waals surface area contributed by atoms with Crippen LogP contribution in [0.4, 0.5) is 0 Å². The molecule has 0 saturated heterocycles. The van der Waals surface area contributed by atoms with Crippen molar-refractivity contribution in [2.75, 3.05) is 5.75 Å². The Hall–Kier alpha value is -0.840. The third-order valence-electron chi connectivity index (χ3n) is 10.9. The molecule has 0 spiro atoms. The molecule has 1 N–H and O–H groups in total. The van der Waals surface area contributed by atoms with E-state index in [-0.39, 0.29) is 5.41 Å². The first kappa shape index (κ1) is 22.6. The molecule has 6 rings (SSSR count). The smallest absolute Gasteiger partial charge is 0.150 e. The zero-order chi connectivity index (χ0) is 22.7. The van der Waals surface area contributed by atoms with Gasteiger partial charge in [-0.05, 0) is 86.0 Å². The number of rotatable bonds is 4. The predicted molar refractivity (Wildman–Crippen MR) is 140 cm³/mol. The van der Waals surface area contributed by atoms with Crippen LogP contribution in [0.5, 0.6) is 0 Å². The Morgan fingerprint density at radius 3 is 2.64 bits per heavy atom. The van der Waals surface area contributed by atoms with E-state index in [1.54, 1.807) is 23.1 Å². The highest BCUT2D eigenvalue weighted by Gasteiger charge is 2.64. The van der Waals surface area contributed by atoms with E-state index in [4.69, 9.17) is 4.98 Å². The SMILES string of the molecule is C[C@]12CCCC[C@H]1CC[C@@H]1[C@@H]2CC[C@@]2(C)[C@H]1CC[C@]2(O)CSc1ncc(-c2ccccc2)s1. The molecule has 4 saturated carbocycles. The maximum Gasteiger partial charge on any atom is 0.150 e. The van der Waals surface area contributed by atoms with Crippen LogP contribution in [0.15, 0.2) is 40.9 Å². The van der Waals surface area contributed by atoms with E-state index in [1.807, 2.05) is 6.20 Å². The number of hydrogen-bond donors (Lipinski definition) is 1. The quantitative estimate of drug-likeness (QED) is 0.448. The molecule has 4 aliphatic rings. The standard InChI is InChI=1S/C29H39NOS2/c1-27-15-7-6-10-21(27)11-12-22-23(27)13-16-28(2)24(22)14-17-29(28,31)19-32-26-30-18-25(33-26)20-8-4-3-5-9-20/h3-5,8-9,18,21-24,31H,6-7,10-17,19H2,1-2H3/t21-,22+,23-,24-,27-,28-,29-/m0/s1. The minimum Gasteiger partial charge on any atom is -0.388 e. The molecule has 0 radical (unpaired) electrons. The molecular weight excluding hydrogens is 442 g/mol. The summed E-state index contributed by atoms with van der Waals surface area (Å²) in [6.45, 7) is 5.11. The van der Waals surface area contributed by atoms with Gasteiger partial charge in [0.05, 0.1) is 10.5 Å². The first-order valence-electron chi connectivity index (χ1n) is 13.3. The van der Waals surface area contributed by atoms with Gasteiger partial charge in [-0.3, -0.25) is 0 Å². The average Bonchev–Trinajstić information content (AvgIpc) is 3.41. The fraction of sp³-hybridized carbons (Fsp3) is 0.690. The fourth-order valence-corrected chi connectivity index (χ4v) is 11.2. The molecule has 2 aromatic rings. The lowest BCUT2D eigenvalue weighted by molar-refractivity contribution is -0.143. The first-order chi connectivity index (χ1) is 15.9. The summed E-state index contributed by atoms with van der Waals surface area (Å²) in [5.41, 5.74) is 1.32. The number of benzene rings is 1. The van der Waals surface area contributed by atoms with Crippen molar-refractivity contribution in [2.24, 2.45) is 34.5 Å². The first-order valence-corrected chi connectivity index (χ1v) is 15.1. The van der Waals surface area contributed by atoms with Gasteiger partial charge in [0.25, 0.3) is 0 Å². The molecule has 1 aromatic heterocycles. The largest absolute Gasteiger partial charge is 0.388 e. The zero-order valence-corrected chi connectivity index (χ0v) is 21.9. The van der Waals surface area contributed by atoms with Crippen LogP contribution >= 0.6 is 23.1 Å². The lowest BCUT2D eigenvalue weighted by Crippen LogP contribution is -2.56. The summed E-state index contributed by atoms with van der Waals surface area (Å²) in [7, 11) is 0. The summed E-state index contributed by atoms with van der Waals surface area (Å²) in [5.74, 6) is 4.21. The second-order valence-electron chi connectivity index (χ2n) is 12.1. The number of aromatic nitrogens is 1. The van der Waals surface area contributed by atoms with E-state index in [2.05, 4.69) is 44.2 Å². The molecule has 4 heteroatoms. The molecule has 0 bridgehead atoms. The van der Waals surface area contributed by atoms with Crippen LogP contribution in [-0.4, -0.2) is 21.4 Å². The van der Waals surface area contributed by atoms with Crippen LogP contribution in [0.3, 0.4) is 0 Å². The van der Waals surface area contributed by atoms with Gasteiger partial charge in [-0.1, -0.05) is 68.8 Å². The highest BCUT2D eigenvalue weighted by atomic mass is 32.2. The van der Waals surface area contributed by atoms with Crippen molar-refractivity contribution in [3.63, 3.8) is 0 Å². The van der Waals surface area contributed by atoms with Crippen molar-refractivity contribution >= 4 is 23.1 Å². The van der Waals surface area contributed by atoms with Crippen LogP contribution in [-0.2, 0) is 0 Å². The number of thioether (sulfide) groups is 1. The summed E-state index contributed by atoms with van der Waals surface area (Å²) in [5, 5.41) is 12.1. The van der Waals surface area contributed by atoms with Gasteiger partial charge in [0.1, 0.15) is 4.34 Å². The molecule has 1 heterocycles. The van der Waals surface area contributed by atoms with Gasteiger partial charge in [-0.15, -0.1) is 11.3 Å². The van der Waals surface area contributed by atoms with Gasteiger partial charge in [0.2, 0.25) is 0 Å². The van der Waals surface area contributed by atoms with Crippen LogP contribution < -0.4 is 0 Å². The van der Waals surface area contributed by atoms with Crippen molar-refractivity contribution in [2.45, 2.75) is 88.0 Å². The van der Waals surface area contributed by atoms with Crippen LogP contribution in [0, 0.1) is 34.5 Å². The maximum atomic E-state index is 12.1. The van der Waals surface area contributed by atoms with Crippen molar-refractivity contribution in [3.05, 3.63) is 36.5 Å². The van der Waals surface area contributed by atoms with E-state index in [0.717, 1.165) is 34.3 Å². The lowest BCUT2D eigenvalue weighted by Gasteiger charge is -2.61. The predicted octanol–water partition coefficient (Wildman–Crippen LogP) is 8.07. The second-order valence-corrected chi connectivity index (χ2v) is 14.3. The van der Waals surface area contributed by atoms with Crippen LogP contribution in [0.25, 0.3) is 10.4 Å². The minimum atomic E-state index is -0.559. The summed E-state index contributed by atoms with van der Waals surface area (Å²) in [6, 6.07) is 10.5. The van der Waals surface area contributed by atoms with Gasteiger partial charge in [-0.25, -0.2) is 4.98 Å². The average molecular weight is 482 g/mol. The van der Waals surface area contributed by atoms with E-state index in [0.29, 0.717) is 11.3 Å². The van der Waals surface area contributed by atoms with E-state index in [1.165, 1.54) is 68.2 Å². The Bertz CT molecular complexity index is 991. The molecular formula is C29H39NOS2. The Labute approximate surface area is 208 Å². The summed E-state index contributed by atoms with van der Waals surface area (Å²) < 4.78 is 1.10. The Morgan fingerprint density at radius 2 is 1.79 bits per heavy atom. The molecule has 0 unspecified atom stereocenters. The molecule has 7 atom stereocenters.